The summed E-state index contributed by atoms with van der Waals surface area (Å²) in [4.78, 5) is 0. The van der Waals surface area contributed by atoms with Gasteiger partial charge in [-0.05, 0) is 11.8 Å². The molecule has 112 valence electrons. The number of rotatable bonds is 2. The van der Waals surface area contributed by atoms with Crippen LogP contribution in [0.3, 0.4) is 0 Å². The summed E-state index contributed by atoms with van der Waals surface area (Å²) in [6.45, 7) is 7.42. The van der Waals surface area contributed by atoms with E-state index in [1.807, 2.05) is 23.5 Å². The van der Waals surface area contributed by atoms with Crippen LogP contribution in [0.5, 0.6) is 0 Å². The summed E-state index contributed by atoms with van der Waals surface area (Å²) in [6, 6.07) is 0. The highest BCUT2D eigenvalue weighted by atomic mass is 32.2. The second-order valence-corrected chi connectivity index (χ2v) is 8.93. The Kier molecular flexibility index (Phi) is 4.34. The first-order valence-electron chi connectivity index (χ1n) is 7.20. The summed E-state index contributed by atoms with van der Waals surface area (Å²) in [5.41, 5.74) is 0.102. The van der Waals surface area contributed by atoms with Gasteiger partial charge in [0, 0.05) is 23.9 Å². The molecule has 1 aromatic rings. The smallest absolute Gasteiger partial charge is 0.230 e. The summed E-state index contributed by atoms with van der Waals surface area (Å²) in [5, 5.41) is 8.98. The Morgan fingerprint density at radius 3 is 2.65 bits per heavy atom. The number of aromatic nitrogens is 2. The third-order valence-corrected chi connectivity index (χ3v) is 6.55. The van der Waals surface area contributed by atoms with Gasteiger partial charge in [0.15, 0.2) is 0 Å². The Labute approximate surface area is 128 Å². The first kappa shape index (κ1) is 14.7. The van der Waals surface area contributed by atoms with Crippen molar-refractivity contribution < 1.29 is 9.15 Å². The van der Waals surface area contributed by atoms with Crippen LogP contribution >= 0.6 is 23.5 Å². The van der Waals surface area contributed by atoms with Gasteiger partial charge in [-0.3, -0.25) is 0 Å². The third kappa shape index (κ3) is 3.02. The van der Waals surface area contributed by atoms with Crippen LogP contribution in [-0.2, 0) is 4.74 Å². The van der Waals surface area contributed by atoms with Crippen LogP contribution in [0.2, 0.25) is 0 Å². The largest absolute Gasteiger partial charge is 0.424 e. The summed E-state index contributed by atoms with van der Waals surface area (Å²) < 4.78 is 11.9. The van der Waals surface area contributed by atoms with Crippen LogP contribution in [-0.4, -0.2) is 40.2 Å². The van der Waals surface area contributed by atoms with E-state index in [1.54, 1.807) is 0 Å². The topological polar surface area (TPSA) is 48.2 Å². The van der Waals surface area contributed by atoms with Crippen molar-refractivity contribution in [1.82, 2.24) is 10.2 Å². The molecule has 0 N–H and O–H groups in total. The first-order chi connectivity index (χ1) is 9.55. The molecule has 0 saturated carbocycles. The lowest BCUT2D eigenvalue weighted by atomic mass is 9.81. The van der Waals surface area contributed by atoms with Crippen molar-refractivity contribution in [1.29, 1.82) is 0 Å². The second-order valence-electron chi connectivity index (χ2n) is 6.47. The van der Waals surface area contributed by atoms with Crippen LogP contribution in [0.25, 0.3) is 0 Å². The van der Waals surface area contributed by atoms with Gasteiger partial charge in [0.1, 0.15) is 0 Å². The number of hydrogen-bond acceptors (Lipinski definition) is 6. The van der Waals surface area contributed by atoms with E-state index in [4.69, 9.17) is 9.15 Å². The minimum atomic E-state index is 0.102. The standard InChI is InChI=1S/C14H22N2O2S2/c1-14(2,3)11-9(4-5-17-11)12-15-16-13(18-12)10-8-19-6-7-20-10/h9-11H,4-8H2,1-3H3/t9-,10-,11-/m0/s1. The van der Waals surface area contributed by atoms with Gasteiger partial charge in [-0.2, -0.15) is 11.8 Å². The SMILES string of the molecule is CC(C)(C)[C@H]1OCC[C@@H]1c1nnc([C@@H]2CSCCS2)o1. The van der Waals surface area contributed by atoms with Crippen LogP contribution < -0.4 is 0 Å². The second kappa shape index (κ2) is 5.89. The lowest BCUT2D eigenvalue weighted by molar-refractivity contribution is 0.0170. The fourth-order valence-electron chi connectivity index (χ4n) is 2.85. The molecule has 2 saturated heterocycles. The molecule has 0 amide bonds. The van der Waals surface area contributed by atoms with Crippen LogP contribution in [0.15, 0.2) is 4.42 Å². The van der Waals surface area contributed by atoms with Gasteiger partial charge in [0.25, 0.3) is 0 Å². The Balaban J connectivity index is 1.75. The minimum absolute atomic E-state index is 0.102. The maximum absolute atomic E-state index is 6.00. The highest BCUT2D eigenvalue weighted by molar-refractivity contribution is 8.06. The monoisotopic (exact) mass is 314 g/mol. The van der Waals surface area contributed by atoms with Crippen LogP contribution in [0.1, 0.15) is 50.1 Å². The molecule has 3 rings (SSSR count). The average molecular weight is 314 g/mol. The molecule has 6 heteroatoms. The molecule has 3 heterocycles. The molecular weight excluding hydrogens is 292 g/mol. The maximum atomic E-state index is 6.00. The minimum Gasteiger partial charge on any atom is -0.424 e. The summed E-state index contributed by atoms with van der Waals surface area (Å²) in [7, 11) is 0. The highest BCUT2D eigenvalue weighted by Crippen LogP contribution is 2.42. The molecule has 0 unspecified atom stereocenters. The van der Waals surface area contributed by atoms with Gasteiger partial charge in [0.2, 0.25) is 11.8 Å². The predicted octanol–water partition coefficient (Wildman–Crippen LogP) is 3.51. The molecule has 20 heavy (non-hydrogen) atoms. The number of nitrogens with zero attached hydrogens (tertiary/aromatic N) is 2. The van der Waals surface area contributed by atoms with Gasteiger partial charge in [-0.15, -0.1) is 22.0 Å². The van der Waals surface area contributed by atoms with E-state index in [9.17, 15) is 0 Å². The molecular formula is C14H22N2O2S2. The Bertz CT molecular complexity index is 452. The molecule has 2 aliphatic rings. The molecule has 0 aliphatic carbocycles. The number of thioether (sulfide) groups is 2. The molecule has 0 aromatic carbocycles. The highest BCUT2D eigenvalue weighted by Gasteiger charge is 2.41. The first-order valence-corrected chi connectivity index (χ1v) is 9.40. The zero-order chi connectivity index (χ0) is 14.2. The van der Waals surface area contributed by atoms with E-state index < -0.39 is 0 Å². The normalized spacial score (nSPS) is 31.6. The summed E-state index contributed by atoms with van der Waals surface area (Å²) in [5.74, 6) is 5.30. The molecule has 1 aromatic heterocycles. The maximum Gasteiger partial charge on any atom is 0.230 e. The Hall–Kier alpha value is -0.200. The van der Waals surface area contributed by atoms with E-state index in [0.717, 1.165) is 30.6 Å². The molecule has 2 fully saturated rings. The van der Waals surface area contributed by atoms with Crippen molar-refractivity contribution in [3.05, 3.63) is 11.8 Å². The Morgan fingerprint density at radius 2 is 1.95 bits per heavy atom. The predicted molar refractivity (Wildman–Crippen MR) is 83.4 cm³/mol. The Morgan fingerprint density at radius 1 is 1.15 bits per heavy atom. The summed E-state index contributed by atoms with van der Waals surface area (Å²) >= 11 is 3.90. The van der Waals surface area contributed by atoms with E-state index in [-0.39, 0.29) is 17.4 Å². The molecule has 0 bridgehead atoms. The average Bonchev–Trinajstić information content (AvgIpc) is 3.08. The van der Waals surface area contributed by atoms with E-state index in [0.29, 0.717) is 5.25 Å². The van der Waals surface area contributed by atoms with Crippen molar-refractivity contribution in [2.75, 3.05) is 23.9 Å². The molecule has 0 spiro atoms. The number of hydrogen-bond donors (Lipinski definition) is 0. The lowest BCUT2D eigenvalue weighted by Crippen LogP contribution is -2.30. The van der Waals surface area contributed by atoms with E-state index >= 15 is 0 Å². The number of ether oxygens (including phenoxy) is 1. The fraction of sp³-hybridized carbons (Fsp3) is 0.857. The quantitative estimate of drug-likeness (QED) is 0.832. The molecule has 2 aliphatic heterocycles. The zero-order valence-corrected chi connectivity index (χ0v) is 13.9. The zero-order valence-electron chi connectivity index (χ0n) is 12.3. The van der Waals surface area contributed by atoms with Gasteiger partial charge in [-0.25, -0.2) is 0 Å². The van der Waals surface area contributed by atoms with Gasteiger partial charge >= 0.3 is 0 Å². The van der Waals surface area contributed by atoms with E-state index in [1.165, 1.54) is 11.5 Å². The molecule has 0 radical (unpaired) electrons. The van der Waals surface area contributed by atoms with Gasteiger partial charge < -0.3 is 9.15 Å². The molecule has 3 atom stereocenters. The van der Waals surface area contributed by atoms with E-state index in [2.05, 4.69) is 31.0 Å². The van der Waals surface area contributed by atoms with Gasteiger partial charge in [-0.1, -0.05) is 20.8 Å². The van der Waals surface area contributed by atoms with Crippen molar-refractivity contribution in [3.8, 4) is 0 Å². The summed E-state index contributed by atoms with van der Waals surface area (Å²) in [6.07, 6.45) is 1.15. The van der Waals surface area contributed by atoms with Gasteiger partial charge in [0.05, 0.1) is 17.3 Å². The van der Waals surface area contributed by atoms with Crippen molar-refractivity contribution in [2.24, 2.45) is 5.41 Å². The third-order valence-electron chi connectivity index (χ3n) is 3.81. The van der Waals surface area contributed by atoms with Crippen LogP contribution in [0, 0.1) is 5.41 Å². The molecule has 4 nitrogen and oxygen atoms in total. The lowest BCUT2D eigenvalue weighted by Gasteiger charge is -2.29. The van der Waals surface area contributed by atoms with Crippen LogP contribution in [0.4, 0.5) is 0 Å². The fourth-order valence-corrected chi connectivity index (χ4v) is 5.43. The van der Waals surface area contributed by atoms with Crippen molar-refractivity contribution >= 4 is 23.5 Å². The van der Waals surface area contributed by atoms with Crippen molar-refractivity contribution in [2.45, 2.75) is 44.5 Å². The van der Waals surface area contributed by atoms with Crippen molar-refractivity contribution in [3.63, 3.8) is 0 Å².